The fourth-order valence-electron chi connectivity index (χ4n) is 2.60. The summed E-state index contributed by atoms with van der Waals surface area (Å²) in [6.07, 6.45) is 9.60. The molecular formula is C14H30N2. The predicted octanol–water partition coefficient (Wildman–Crippen LogP) is 3.03. The van der Waals surface area contributed by atoms with Gasteiger partial charge in [0, 0.05) is 12.6 Å². The Morgan fingerprint density at radius 3 is 2.56 bits per heavy atom. The van der Waals surface area contributed by atoms with Gasteiger partial charge in [-0.2, -0.15) is 0 Å². The van der Waals surface area contributed by atoms with Crippen molar-refractivity contribution in [1.82, 2.24) is 10.2 Å². The minimum Gasteiger partial charge on any atom is -0.313 e. The van der Waals surface area contributed by atoms with Crippen molar-refractivity contribution in [1.29, 1.82) is 0 Å². The van der Waals surface area contributed by atoms with Crippen molar-refractivity contribution < 1.29 is 0 Å². The first kappa shape index (κ1) is 14.0. The molecule has 0 amide bonds. The van der Waals surface area contributed by atoms with Gasteiger partial charge < -0.3 is 10.2 Å². The molecule has 2 heteroatoms. The van der Waals surface area contributed by atoms with Crippen molar-refractivity contribution in [2.24, 2.45) is 0 Å². The van der Waals surface area contributed by atoms with Crippen LogP contribution in [-0.4, -0.2) is 37.1 Å². The largest absolute Gasteiger partial charge is 0.313 e. The number of nitrogens with zero attached hydrogens (tertiary/aromatic N) is 1. The topological polar surface area (TPSA) is 15.3 Å². The third-order valence-corrected chi connectivity index (χ3v) is 3.51. The van der Waals surface area contributed by atoms with E-state index in [1.165, 1.54) is 71.1 Å². The van der Waals surface area contributed by atoms with E-state index in [1.54, 1.807) is 0 Å². The maximum Gasteiger partial charge on any atom is 0.0195 e. The molecule has 1 N–H and O–H groups in total. The molecule has 1 atom stereocenters. The quantitative estimate of drug-likeness (QED) is 0.608. The van der Waals surface area contributed by atoms with Gasteiger partial charge in [0.1, 0.15) is 0 Å². The van der Waals surface area contributed by atoms with E-state index >= 15 is 0 Å². The Morgan fingerprint density at radius 2 is 1.94 bits per heavy atom. The summed E-state index contributed by atoms with van der Waals surface area (Å²) in [7, 11) is 0. The number of hydrogen-bond acceptors (Lipinski definition) is 2. The van der Waals surface area contributed by atoms with Crippen LogP contribution in [0.1, 0.15) is 58.8 Å². The lowest BCUT2D eigenvalue weighted by atomic mass is 10.1. The predicted molar refractivity (Wildman–Crippen MR) is 71.9 cm³/mol. The van der Waals surface area contributed by atoms with Crippen LogP contribution in [0.5, 0.6) is 0 Å². The first-order valence-electron chi connectivity index (χ1n) is 7.32. The molecule has 1 unspecified atom stereocenters. The van der Waals surface area contributed by atoms with E-state index in [4.69, 9.17) is 0 Å². The molecule has 0 radical (unpaired) electrons. The summed E-state index contributed by atoms with van der Waals surface area (Å²) in [5, 5.41) is 3.61. The molecule has 0 aromatic carbocycles. The second kappa shape index (κ2) is 9.00. The van der Waals surface area contributed by atoms with Crippen molar-refractivity contribution in [2.75, 3.05) is 26.2 Å². The van der Waals surface area contributed by atoms with E-state index in [2.05, 4.69) is 24.1 Å². The molecule has 0 saturated carbocycles. The summed E-state index contributed by atoms with van der Waals surface area (Å²) in [5.41, 5.74) is 0. The highest BCUT2D eigenvalue weighted by Crippen LogP contribution is 2.09. The van der Waals surface area contributed by atoms with Gasteiger partial charge in [-0.25, -0.2) is 0 Å². The van der Waals surface area contributed by atoms with Crippen LogP contribution < -0.4 is 5.32 Å². The number of nitrogens with one attached hydrogen (secondary N) is 1. The zero-order valence-corrected chi connectivity index (χ0v) is 11.3. The minimum atomic E-state index is 0.776. The Morgan fingerprint density at radius 1 is 1.06 bits per heavy atom. The van der Waals surface area contributed by atoms with Crippen molar-refractivity contribution in [2.45, 2.75) is 64.8 Å². The molecule has 96 valence electrons. The molecule has 16 heavy (non-hydrogen) atoms. The average Bonchev–Trinajstić information content (AvgIpc) is 2.77. The summed E-state index contributed by atoms with van der Waals surface area (Å²) in [4.78, 5) is 2.67. The highest BCUT2D eigenvalue weighted by atomic mass is 15.1. The van der Waals surface area contributed by atoms with Crippen LogP contribution in [0.2, 0.25) is 0 Å². The molecule has 0 aromatic rings. The molecule has 1 aliphatic rings. The van der Waals surface area contributed by atoms with Gasteiger partial charge in [-0.15, -0.1) is 0 Å². The van der Waals surface area contributed by atoms with Crippen LogP contribution in [0, 0.1) is 0 Å². The van der Waals surface area contributed by atoms with E-state index in [0.717, 1.165) is 6.04 Å². The van der Waals surface area contributed by atoms with E-state index in [-0.39, 0.29) is 0 Å². The van der Waals surface area contributed by atoms with Crippen molar-refractivity contribution in [3.05, 3.63) is 0 Å². The highest BCUT2D eigenvalue weighted by Gasteiger charge is 2.16. The van der Waals surface area contributed by atoms with Gasteiger partial charge in [-0.1, -0.05) is 33.1 Å². The zero-order valence-electron chi connectivity index (χ0n) is 11.3. The Labute approximate surface area is 102 Å². The fourth-order valence-corrected chi connectivity index (χ4v) is 2.60. The zero-order chi connectivity index (χ0) is 11.6. The van der Waals surface area contributed by atoms with Gasteiger partial charge in [0.25, 0.3) is 0 Å². The van der Waals surface area contributed by atoms with E-state index in [0.29, 0.717) is 0 Å². The lowest BCUT2D eigenvalue weighted by Crippen LogP contribution is -2.38. The first-order chi connectivity index (χ1) is 7.86. The Bertz CT molecular complexity index is 153. The standard InChI is InChI=1S/C14H30N2/c1-3-5-6-7-12-16(11-4-2)13-14-9-8-10-15-14/h14-15H,3-13H2,1-2H3. The third kappa shape index (κ3) is 5.86. The number of unbranched alkanes of at least 4 members (excludes halogenated alkanes) is 3. The molecule has 0 bridgehead atoms. The molecule has 0 aliphatic carbocycles. The van der Waals surface area contributed by atoms with Gasteiger partial charge in [-0.05, 0) is 45.3 Å². The van der Waals surface area contributed by atoms with Crippen LogP contribution in [0.25, 0.3) is 0 Å². The average molecular weight is 226 g/mol. The molecule has 1 rings (SSSR count). The van der Waals surface area contributed by atoms with Crippen LogP contribution in [0.15, 0.2) is 0 Å². The normalized spacial score (nSPS) is 20.8. The molecule has 1 fully saturated rings. The van der Waals surface area contributed by atoms with Gasteiger partial charge >= 0.3 is 0 Å². The van der Waals surface area contributed by atoms with Gasteiger partial charge in [0.2, 0.25) is 0 Å². The van der Waals surface area contributed by atoms with E-state index in [9.17, 15) is 0 Å². The molecule has 0 spiro atoms. The van der Waals surface area contributed by atoms with Crippen LogP contribution >= 0.6 is 0 Å². The fraction of sp³-hybridized carbons (Fsp3) is 1.00. The minimum absolute atomic E-state index is 0.776. The Hall–Kier alpha value is -0.0800. The summed E-state index contributed by atoms with van der Waals surface area (Å²) >= 11 is 0. The van der Waals surface area contributed by atoms with E-state index in [1.807, 2.05) is 0 Å². The Kier molecular flexibility index (Phi) is 7.87. The van der Waals surface area contributed by atoms with Crippen LogP contribution in [0.3, 0.4) is 0 Å². The second-order valence-electron chi connectivity index (χ2n) is 5.15. The second-order valence-corrected chi connectivity index (χ2v) is 5.15. The first-order valence-corrected chi connectivity index (χ1v) is 7.32. The summed E-state index contributed by atoms with van der Waals surface area (Å²) in [5.74, 6) is 0. The van der Waals surface area contributed by atoms with Crippen molar-refractivity contribution in [3.8, 4) is 0 Å². The van der Waals surface area contributed by atoms with Gasteiger partial charge in [0.15, 0.2) is 0 Å². The van der Waals surface area contributed by atoms with Crippen LogP contribution in [-0.2, 0) is 0 Å². The lowest BCUT2D eigenvalue weighted by Gasteiger charge is -2.25. The molecule has 0 aromatic heterocycles. The maximum atomic E-state index is 3.61. The molecular weight excluding hydrogens is 196 g/mol. The number of hydrogen-bond donors (Lipinski definition) is 1. The summed E-state index contributed by atoms with van der Waals surface area (Å²) < 4.78 is 0. The lowest BCUT2D eigenvalue weighted by molar-refractivity contribution is 0.244. The number of rotatable bonds is 9. The highest BCUT2D eigenvalue weighted by molar-refractivity contribution is 4.77. The van der Waals surface area contributed by atoms with Gasteiger partial charge in [0.05, 0.1) is 0 Å². The van der Waals surface area contributed by atoms with Crippen molar-refractivity contribution in [3.63, 3.8) is 0 Å². The van der Waals surface area contributed by atoms with Crippen molar-refractivity contribution >= 4 is 0 Å². The van der Waals surface area contributed by atoms with E-state index < -0.39 is 0 Å². The molecule has 1 aliphatic heterocycles. The summed E-state index contributed by atoms with van der Waals surface area (Å²) in [6, 6.07) is 0.776. The molecule has 1 heterocycles. The molecule has 2 nitrogen and oxygen atoms in total. The smallest absolute Gasteiger partial charge is 0.0195 e. The maximum absolute atomic E-state index is 3.61. The van der Waals surface area contributed by atoms with Gasteiger partial charge in [-0.3, -0.25) is 0 Å². The third-order valence-electron chi connectivity index (χ3n) is 3.51. The summed E-state index contributed by atoms with van der Waals surface area (Å²) in [6.45, 7) is 9.68. The monoisotopic (exact) mass is 226 g/mol. The SMILES string of the molecule is CCCCCCN(CCC)CC1CCCN1. The molecule has 1 saturated heterocycles. The Balaban J connectivity index is 2.12. The van der Waals surface area contributed by atoms with Crippen LogP contribution in [0.4, 0.5) is 0 Å².